The Bertz CT molecular complexity index is 491. The van der Waals surface area contributed by atoms with Crippen LogP contribution < -0.4 is 0 Å². The van der Waals surface area contributed by atoms with Crippen LogP contribution in [0.25, 0.3) is 4.96 Å². The van der Waals surface area contributed by atoms with E-state index in [0.717, 1.165) is 10.7 Å². The molecule has 0 amide bonds. The second kappa shape index (κ2) is 4.20. The van der Waals surface area contributed by atoms with Gasteiger partial charge in [-0.3, -0.25) is 9.20 Å². The first-order chi connectivity index (χ1) is 7.22. The van der Waals surface area contributed by atoms with Gasteiger partial charge in [0.2, 0.25) is 0 Å². The van der Waals surface area contributed by atoms with Crippen molar-refractivity contribution in [3.8, 4) is 0 Å². The largest absolute Gasteiger partial charge is 0.466 e. The van der Waals surface area contributed by atoms with Crippen molar-refractivity contribution in [2.24, 2.45) is 0 Å². The predicted octanol–water partition coefficient (Wildman–Crippen LogP) is 2.15. The normalized spacial score (nSPS) is 10.8. The molecule has 0 fully saturated rings. The van der Waals surface area contributed by atoms with Gasteiger partial charge < -0.3 is 4.74 Å². The molecule has 0 spiro atoms. The minimum absolute atomic E-state index is 0.226. The number of aromatic nitrogens is 2. The van der Waals surface area contributed by atoms with Gasteiger partial charge in [0.1, 0.15) is 5.15 Å². The fourth-order valence-corrected chi connectivity index (χ4v) is 2.46. The van der Waals surface area contributed by atoms with E-state index in [2.05, 4.69) is 4.98 Å². The summed E-state index contributed by atoms with van der Waals surface area (Å²) in [7, 11) is 0. The van der Waals surface area contributed by atoms with Gasteiger partial charge in [-0.1, -0.05) is 11.6 Å². The molecular weight excluding hydrogens is 236 g/mol. The highest BCUT2D eigenvalue weighted by Crippen LogP contribution is 2.21. The van der Waals surface area contributed by atoms with Crippen molar-refractivity contribution in [3.05, 3.63) is 22.4 Å². The van der Waals surface area contributed by atoms with Crippen molar-refractivity contribution >= 4 is 33.9 Å². The van der Waals surface area contributed by atoms with Crippen molar-refractivity contribution in [1.82, 2.24) is 9.38 Å². The van der Waals surface area contributed by atoms with Gasteiger partial charge in [-0.15, -0.1) is 11.3 Å². The molecule has 0 aromatic carbocycles. The number of carbonyl (C=O) groups excluding carboxylic acids is 1. The summed E-state index contributed by atoms with van der Waals surface area (Å²) in [6, 6.07) is 0. The maximum absolute atomic E-state index is 11.3. The Balaban J connectivity index is 2.27. The summed E-state index contributed by atoms with van der Waals surface area (Å²) in [6.07, 6.45) is 1.80. The Morgan fingerprint density at radius 1 is 1.73 bits per heavy atom. The lowest BCUT2D eigenvalue weighted by molar-refractivity contribution is -0.142. The molecular formula is C9H9ClN2O2S. The van der Waals surface area contributed by atoms with E-state index in [0.29, 0.717) is 11.8 Å². The van der Waals surface area contributed by atoms with Crippen LogP contribution in [0.3, 0.4) is 0 Å². The molecule has 6 heteroatoms. The molecule has 0 radical (unpaired) electrons. The maximum atomic E-state index is 11.3. The van der Waals surface area contributed by atoms with Gasteiger partial charge in [0.15, 0.2) is 4.96 Å². The molecule has 2 aromatic rings. The van der Waals surface area contributed by atoms with Gasteiger partial charge in [0.05, 0.1) is 19.2 Å². The molecule has 0 saturated heterocycles. The first-order valence-corrected chi connectivity index (χ1v) is 5.73. The number of hydrogen-bond acceptors (Lipinski definition) is 4. The fourth-order valence-electron chi connectivity index (χ4n) is 1.31. The summed E-state index contributed by atoms with van der Waals surface area (Å²) < 4.78 is 6.62. The van der Waals surface area contributed by atoms with Crippen LogP contribution in [-0.2, 0) is 16.0 Å². The zero-order chi connectivity index (χ0) is 10.8. The molecule has 0 aliphatic rings. The summed E-state index contributed by atoms with van der Waals surface area (Å²) in [4.78, 5) is 16.2. The van der Waals surface area contributed by atoms with Crippen LogP contribution in [0.5, 0.6) is 0 Å². The highest BCUT2D eigenvalue weighted by molar-refractivity contribution is 7.15. The number of carbonyl (C=O) groups is 1. The van der Waals surface area contributed by atoms with Crippen LogP contribution in [0.4, 0.5) is 0 Å². The third kappa shape index (κ3) is 1.98. The average Bonchev–Trinajstić information content (AvgIpc) is 2.72. The molecule has 15 heavy (non-hydrogen) atoms. The number of esters is 1. The first-order valence-electron chi connectivity index (χ1n) is 4.47. The lowest BCUT2D eigenvalue weighted by Gasteiger charge is -2.00. The molecule has 0 unspecified atom stereocenters. The summed E-state index contributed by atoms with van der Waals surface area (Å²) >= 11 is 7.39. The molecule has 0 aliphatic carbocycles. The molecule has 0 bridgehead atoms. The van der Waals surface area contributed by atoms with E-state index in [4.69, 9.17) is 16.3 Å². The number of ether oxygens (including phenoxy) is 1. The van der Waals surface area contributed by atoms with E-state index in [9.17, 15) is 4.79 Å². The molecule has 0 N–H and O–H groups in total. The van der Waals surface area contributed by atoms with E-state index >= 15 is 0 Å². The Morgan fingerprint density at radius 3 is 3.27 bits per heavy atom. The molecule has 4 nitrogen and oxygen atoms in total. The van der Waals surface area contributed by atoms with Gasteiger partial charge in [-0.2, -0.15) is 0 Å². The summed E-state index contributed by atoms with van der Waals surface area (Å²) in [5, 5.41) is 2.39. The predicted molar refractivity (Wildman–Crippen MR) is 58.4 cm³/mol. The summed E-state index contributed by atoms with van der Waals surface area (Å²) in [6.45, 7) is 2.18. The van der Waals surface area contributed by atoms with Crippen molar-refractivity contribution in [3.63, 3.8) is 0 Å². The van der Waals surface area contributed by atoms with Crippen LogP contribution in [0, 0.1) is 0 Å². The first kappa shape index (κ1) is 10.4. The molecule has 0 saturated carbocycles. The number of fused-ring (bicyclic) bond motifs is 1. The number of halogens is 1. The number of imidazole rings is 1. The van der Waals surface area contributed by atoms with Crippen molar-refractivity contribution in [1.29, 1.82) is 0 Å². The van der Waals surface area contributed by atoms with Crippen molar-refractivity contribution < 1.29 is 9.53 Å². The number of rotatable bonds is 3. The van der Waals surface area contributed by atoms with Crippen LogP contribution >= 0.6 is 22.9 Å². The van der Waals surface area contributed by atoms with Gasteiger partial charge in [-0.05, 0) is 6.92 Å². The quantitative estimate of drug-likeness (QED) is 0.777. The minimum atomic E-state index is -0.248. The van der Waals surface area contributed by atoms with Gasteiger partial charge in [-0.25, -0.2) is 4.98 Å². The van der Waals surface area contributed by atoms with E-state index in [-0.39, 0.29) is 12.4 Å². The number of hydrogen-bond donors (Lipinski definition) is 0. The molecule has 2 aromatic heterocycles. The monoisotopic (exact) mass is 244 g/mol. The fraction of sp³-hybridized carbons (Fsp3) is 0.333. The number of nitrogens with zero attached hydrogens (tertiary/aromatic N) is 2. The number of thiazole rings is 1. The summed E-state index contributed by atoms with van der Waals surface area (Å²) in [5.41, 5.74) is 0.816. The Hall–Kier alpha value is -1.07. The molecule has 0 atom stereocenters. The lowest BCUT2D eigenvalue weighted by Crippen LogP contribution is -2.08. The minimum Gasteiger partial charge on any atom is -0.466 e. The average molecular weight is 245 g/mol. The lowest BCUT2D eigenvalue weighted by atomic mass is 10.3. The topological polar surface area (TPSA) is 43.6 Å². The highest BCUT2D eigenvalue weighted by Gasteiger charge is 2.12. The maximum Gasteiger partial charge on any atom is 0.311 e. The van der Waals surface area contributed by atoms with Crippen LogP contribution in [0.15, 0.2) is 11.6 Å². The van der Waals surface area contributed by atoms with E-state index in [1.165, 1.54) is 11.3 Å². The van der Waals surface area contributed by atoms with E-state index < -0.39 is 0 Å². The Kier molecular flexibility index (Phi) is 2.93. The van der Waals surface area contributed by atoms with Crippen LogP contribution in [0.1, 0.15) is 12.6 Å². The smallest absolute Gasteiger partial charge is 0.311 e. The molecule has 2 heterocycles. The standard InChI is InChI=1S/C9H9ClN2O2S/c1-2-14-8(13)3-6-5-15-9-11-4-7(10)12(6)9/h4-5H,2-3H2,1H3. The zero-order valence-corrected chi connectivity index (χ0v) is 9.64. The third-order valence-corrected chi connectivity index (χ3v) is 3.06. The second-order valence-corrected chi connectivity index (χ2v) is 4.13. The molecule has 80 valence electrons. The van der Waals surface area contributed by atoms with Crippen LogP contribution in [0.2, 0.25) is 5.15 Å². The van der Waals surface area contributed by atoms with Crippen molar-refractivity contribution in [2.45, 2.75) is 13.3 Å². The SMILES string of the molecule is CCOC(=O)Cc1csc2ncc(Cl)n12. The van der Waals surface area contributed by atoms with Gasteiger partial charge in [0.25, 0.3) is 0 Å². The highest BCUT2D eigenvalue weighted by atomic mass is 35.5. The Labute approximate surface area is 95.4 Å². The second-order valence-electron chi connectivity index (χ2n) is 2.91. The molecule has 2 rings (SSSR count). The third-order valence-electron chi connectivity index (χ3n) is 1.90. The summed E-state index contributed by atoms with van der Waals surface area (Å²) in [5.74, 6) is -0.248. The zero-order valence-electron chi connectivity index (χ0n) is 8.07. The Morgan fingerprint density at radius 2 is 2.53 bits per heavy atom. The van der Waals surface area contributed by atoms with E-state index in [1.807, 2.05) is 5.38 Å². The molecule has 0 aliphatic heterocycles. The van der Waals surface area contributed by atoms with Crippen LogP contribution in [-0.4, -0.2) is 22.0 Å². The van der Waals surface area contributed by atoms with Gasteiger partial charge in [0, 0.05) is 11.1 Å². The van der Waals surface area contributed by atoms with Crippen molar-refractivity contribution in [2.75, 3.05) is 6.61 Å². The van der Waals surface area contributed by atoms with Gasteiger partial charge >= 0.3 is 5.97 Å². The van der Waals surface area contributed by atoms with E-state index in [1.54, 1.807) is 17.5 Å².